The van der Waals surface area contributed by atoms with Crippen LogP contribution >= 0.6 is 0 Å². The quantitative estimate of drug-likeness (QED) is 0.778. The SMILES string of the molecule is C#CCN(C)C(=O)COc1ccc(-n2ncc(C)c(C)c2=O)cc1. The van der Waals surface area contributed by atoms with Gasteiger partial charge in [-0.15, -0.1) is 6.42 Å². The predicted octanol–water partition coefficient (Wildman–Crippen LogP) is 1.32. The van der Waals surface area contributed by atoms with Gasteiger partial charge in [0, 0.05) is 12.6 Å². The highest BCUT2D eigenvalue weighted by Gasteiger charge is 2.09. The Morgan fingerprint density at radius 3 is 2.62 bits per heavy atom. The maximum absolute atomic E-state index is 12.2. The summed E-state index contributed by atoms with van der Waals surface area (Å²) in [6, 6.07) is 6.81. The molecule has 0 aliphatic carbocycles. The molecule has 1 aromatic carbocycles. The first-order valence-electron chi connectivity index (χ1n) is 7.40. The molecule has 0 unspecified atom stereocenters. The zero-order valence-electron chi connectivity index (χ0n) is 13.9. The zero-order valence-corrected chi connectivity index (χ0v) is 13.9. The van der Waals surface area contributed by atoms with E-state index in [1.807, 2.05) is 6.92 Å². The fraction of sp³-hybridized carbons (Fsp3) is 0.278. The van der Waals surface area contributed by atoms with E-state index in [0.717, 1.165) is 5.56 Å². The number of aryl methyl sites for hydroxylation is 1. The minimum Gasteiger partial charge on any atom is -0.484 e. The molecule has 1 aromatic heterocycles. The predicted molar refractivity (Wildman–Crippen MR) is 91.3 cm³/mol. The molecule has 6 nitrogen and oxygen atoms in total. The van der Waals surface area contributed by atoms with Crippen molar-refractivity contribution >= 4 is 5.91 Å². The first kappa shape index (κ1) is 17.3. The second-order valence-electron chi connectivity index (χ2n) is 5.41. The van der Waals surface area contributed by atoms with Gasteiger partial charge in [0.25, 0.3) is 11.5 Å². The van der Waals surface area contributed by atoms with Crippen LogP contribution in [0.4, 0.5) is 0 Å². The van der Waals surface area contributed by atoms with Crippen LogP contribution in [0.5, 0.6) is 5.75 Å². The van der Waals surface area contributed by atoms with E-state index in [9.17, 15) is 9.59 Å². The van der Waals surface area contributed by atoms with Crippen molar-refractivity contribution in [2.75, 3.05) is 20.2 Å². The van der Waals surface area contributed by atoms with Crippen molar-refractivity contribution in [3.05, 3.63) is 51.9 Å². The highest BCUT2D eigenvalue weighted by atomic mass is 16.5. The summed E-state index contributed by atoms with van der Waals surface area (Å²) in [5, 5.41) is 4.14. The van der Waals surface area contributed by atoms with E-state index in [-0.39, 0.29) is 24.6 Å². The number of amides is 1. The molecule has 0 aliphatic heterocycles. The number of terminal acetylenes is 1. The van der Waals surface area contributed by atoms with Crippen LogP contribution in [0, 0.1) is 26.2 Å². The van der Waals surface area contributed by atoms with Crippen LogP contribution in [0.1, 0.15) is 11.1 Å². The molecule has 0 N–H and O–H groups in total. The number of ether oxygens (including phenoxy) is 1. The summed E-state index contributed by atoms with van der Waals surface area (Å²) >= 11 is 0. The molecule has 0 saturated heterocycles. The van der Waals surface area contributed by atoms with E-state index in [2.05, 4.69) is 11.0 Å². The molecule has 1 heterocycles. The van der Waals surface area contributed by atoms with E-state index in [1.54, 1.807) is 44.4 Å². The third kappa shape index (κ3) is 3.82. The minimum atomic E-state index is -0.205. The number of aromatic nitrogens is 2. The molecule has 24 heavy (non-hydrogen) atoms. The maximum atomic E-state index is 12.2. The highest BCUT2D eigenvalue weighted by molar-refractivity contribution is 5.77. The third-order valence-electron chi connectivity index (χ3n) is 3.67. The van der Waals surface area contributed by atoms with Crippen LogP contribution in [0.2, 0.25) is 0 Å². The van der Waals surface area contributed by atoms with Crippen molar-refractivity contribution in [2.45, 2.75) is 13.8 Å². The Morgan fingerprint density at radius 1 is 1.33 bits per heavy atom. The van der Waals surface area contributed by atoms with Crippen molar-refractivity contribution < 1.29 is 9.53 Å². The summed E-state index contributed by atoms with van der Waals surface area (Å²) in [5.41, 5.74) is 1.99. The van der Waals surface area contributed by atoms with Gasteiger partial charge < -0.3 is 9.64 Å². The summed E-state index contributed by atoms with van der Waals surface area (Å²) < 4.78 is 6.76. The molecule has 0 aliphatic rings. The van der Waals surface area contributed by atoms with Gasteiger partial charge in [-0.05, 0) is 43.7 Å². The third-order valence-corrected chi connectivity index (χ3v) is 3.67. The Balaban J connectivity index is 2.09. The minimum absolute atomic E-state index is 0.0979. The van der Waals surface area contributed by atoms with Gasteiger partial charge in [-0.25, -0.2) is 0 Å². The van der Waals surface area contributed by atoms with E-state index >= 15 is 0 Å². The first-order valence-corrected chi connectivity index (χ1v) is 7.40. The summed E-state index contributed by atoms with van der Waals surface area (Å²) in [6.45, 7) is 3.76. The van der Waals surface area contributed by atoms with Crippen molar-refractivity contribution in [3.63, 3.8) is 0 Å². The standard InChI is InChI=1S/C18H19N3O3/c1-5-10-20(4)17(22)12-24-16-8-6-15(7-9-16)21-18(23)14(3)13(2)11-19-21/h1,6-9,11H,10,12H2,2-4H3. The molecule has 2 aromatic rings. The second kappa shape index (κ2) is 7.47. The number of benzene rings is 1. The largest absolute Gasteiger partial charge is 0.484 e. The number of nitrogens with zero attached hydrogens (tertiary/aromatic N) is 3. The molecule has 0 saturated carbocycles. The first-order chi connectivity index (χ1) is 11.4. The number of carbonyl (C=O) groups is 1. The molecule has 2 rings (SSSR count). The van der Waals surface area contributed by atoms with E-state index < -0.39 is 0 Å². The van der Waals surface area contributed by atoms with Crippen molar-refractivity contribution in [1.29, 1.82) is 0 Å². The lowest BCUT2D eigenvalue weighted by Gasteiger charge is -2.14. The zero-order chi connectivity index (χ0) is 17.7. The van der Waals surface area contributed by atoms with E-state index in [4.69, 9.17) is 11.2 Å². The van der Waals surface area contributed by atoms with E-state index in [1.165, 1.54) is 9.58 Å². The summed E-state index contributed by atoms with van der Waals surface area (Å²) in [4.78, 5) is 25.4. The van der Waals surface area contributed by atoms with Gasteiger partial charge in [0.05, 0.1) is 18.4 Å². The molecule has 0 radical (unpaired) electrons. The van der Waals surface area contributed by atoms with Gasteiger partial charge in [0.15, 0.2) is 6.61 Å². The lowest BCUT2D eigenvalue weighted by atomic mass is 10.2. The van der Waals surface area contributed by atoms with Crippen LogP contribution in [0.15, 0.2) is 35.3 Å². The molecular weight excluding hydrogens is 306 g/mol. The number of rotatable bonds is 5. The van der Waals surface area contributed by atoms with Gasteiger partial charge >= 0.3 is 0 Å². The molecule has 0 spiro atoms. The number of hydrogen-bond acceptors (Lipinski definition) is 4. The topological polar surface area (TPSA) is 64.4 Å². The molecule has 1 amide bonds. The molecular formula is C18H19N3O3. The smallest absolute Gasteiger partial charge is 0.274 e. The molecule has 0 bridgehead atoms. The average Bonchev–Trinajstić information content (AvgIpc) is 2.58. The molecule has 6 heteroatoms. The fourth-order valence-electron chi connectivity index (χ4n) is 1.97. The average molecular weight is 325 g/mol. The summed E-state index contributed by atoms with van der Waals surface area (Å²) in [7, 11) is 1.62. The monoisotopic (exact) mass is 325 g/mol. The maximum Gasteiger partial charge on any atom is 0.274 e. The lowest BCUT2D eigenvalue weighted by molar-refractivity contribution is -0.131. The van der Waals surface area contributed by atoms with Crippen LogP contribution in [0.25, 0.3) is 5.69 Å². The van der Waals surface area contributed by atoms with Crippen LogP contribution in [0.3, 0.4) is 0 Å². The summed E-state index contributed by atoms with van der Waals surface area (Å²) in [5.74, 6) is 2.72. The van der Waals surface area contributed by atoms with E-state index in [0.29, 0.717) is 17.0 Å². The number of likely N-dealkylation sites (N-methyl/N-ethyl adjacent to an activating group) is 1. The van der Waals surface area contributed by atoms with Gasteiger partial charge in [0.2, 0.25) is 0 Å². The van der Waals surface area contributed by atoms with Gasteiger partial charge in [0.1, 0.15) is 5.75 Å². The Labute approximate surface area is 140 Å². The van der Waals surface area contributed by atoms with Crippen LogP contribution in [-0.2, 0) is 4.79 Å². The second-order valence-corrected chi connectivity index (χ2v) is 5.41. The Hall–Kier alpha value is -3.07. The van der Waals surface area contributed by atoms with Gasteiger partial charge in [-0.3, -0.25) is 9.59 Å². The number of hydrogen-bond donors (Lipinski definition) is 0. The van der Waals surface area contributed by atoms with Crippen LogP contribution < -0.4 is 10.3 Å². The van der Waals surface area contributed by atoms with Crippen molar-refractivity contribution in [3.8, 4) is 23.8 Å². The van der Waals surface area contributed by atoms with Crippen molar-refractivity contribution in [1.82, 2.24) is 14.7 Å². The Bertz CT molecular complexity index is 832. The highest BCUT2D eigenvalue weighted by Crippen LogP contribution is 2.14. The Morgan fingerprint density at radius 2 is 2.00 bits per heavy atom. The Kier molecular flexibility index (Phi) is 5.38. The fourth-order valence-corrected chi connectivity index (χ4v) is 1.97. The summed E-state index contributed by atoms with van der Waals surface area (Å²) in [6.07, 6.45) is 6.81. The molecule has 0 fully saturated rings. The molecule has 0 atom stereocenters. The molecule has 124 valence electrons. The van der Waals surface area contributed by atoms with Crippen molar-refractivity contribution in [2.24, 2.45) is 0 Å². The van der Waals surface area contributed by atoms with Crippen LogP contribution in [-0.4, -0.2) is 40.8 Å². The lowest BCUT2D eigenvalue weighted by Crippen LogP contribution is -2.31. The number of carbonyl (C=O) groups excluding carboxylic acids is 1. The van der Waals surface area contributed by atoms with Gasteiger partial charge in [-0.1, -0.05) is 5.92 Å². The van der Waals surface area contributed by atoms with Gasteiger partial charge in [-0.2, -0.15) is 9.78 Å². The normalized spacial score (nSPS) is 10.1.